The molecule has 40 heavy (non-hydrogen) atoms. The molecule has 9 rings (SSSR count). The fourth-order valence-corrected chi connectivity index (χ4v) is 6.19. The predicted octanol–water partition coefficient (Wildman–Crippen LogP) is 9.45. The Bertz CT molecular complexity index is 2450. The van der Waals surface area contributed by atoms with Crippen LogP contribution in [0, 0.1) is 0 Å². The van der Waals surface area contributed by atoms with Gasteiger partial charge in [0.15, 0.2) is 5.58 Å². The Morgan fingerprint density at radius 1 is 0.575 bits per heavy atom. The Morgan fingerprint density at radius 3 is 2.33 bits per heavy atom. The maximum Gasteiger partial charge on any atom is 0.160 e. The van der Waals surface area contributed by atoms with Gasteiger partial charge in [-0.05, 0) is 42.5 Å². The lowest BCUT2D eigenvalue weighted by Crippen LogP contribution is -1.95. The Hall–Kier alpha value is -5.48. The predicted molar refractivity (Wildman–Crippen MR) is 164 cm³/mol. The monoisotopic (exact) mass is 511 g/mol. The molecular weight excluding hydrogens is 490 g/mol. The summed E-state index contributed by atoms with van der Waals surface area (Å²) in [7, 11) is 0. The number of furan rings is 1. The van der Waals surface area contributed by atoms with E-state index >= 15 is 0 Å². The van der Waals surface area contributed by atoms with Crippen LogP contribution in [0.4, 0.5) is 0 Å². The van der Waals surface area contributed by atoms with Gasteiger partial charge in [0.2, 0.25) is 0 Å². The molecule has 4 nitrogen and oxygen atoms in total. The van der Waals surface area contributed by atoms with E-state index in [1.807, 2.05) is 24.4 Å². The molecule has 0 atom stereocenters. The van der Waals surface area contributed by atoms with Gasteiger partial charge in [-0.3, -0.25) is 4.98 Å². The summed E-state index contributed by atoms with van der Waals surface area (Å²) in [6.45, 7) is 0. The van der Waals surface area contributed by atoms with Crippen LogP contribution in [0.15, 0.2) is 132 Å². The third-order valence-corrected chi connectivity index (χ3v) is 8.01. The number of hydrogen-bond donors (Lipinski definition) is 0. The van der Waals surface area contributed by atoms with Crippen LogP contribution in [0.2, 0.25) is 0 Å². The summed E-state index contributed by atoms with van der Waals surface area (Å²) in [4.78, 5) is 9.75. The molecule has 0 unspecified atom stereocenters. The molecule has 0 amide bonds. The highest BCUT2D eigenvalue weighted by molar-refractivity contribution is 6.21. The summed E-state index contributed by atoms with van der Waals surface area (Å²) >= 11 is 0. The SMILES string of the molecule is c1cc(-c2ccc3ccc4cccnc4c3n2)cc(-n2c3ccccc3c3ccc4c5ccccc5oc4c32)c1. The third kappa shape index (κ3) is 2.96. The number of benzene rings is 5. The van der Waals surface area contributed by atoms with Crippen LogP contribution in [0.5, 0.6) is 0 Å². The van der Waals surface area contributed by atoms with Gasteiger partial charge in [-0.25, -0.2) is 4.98 Å². The van der Waals surface area contributed by atoms with Crippen LogP contribution < -0.4 is 0 Å². The molecular formula is C36H21N3O. The summed E-state index contributed by atoms with van der Waals surface area (Å²) in [5, 5.41) is 6.81. The lowest BCUT2D eigenvalue weighted by atomic mass is 10.1. The summed E-state index contributed by atoms with van der Waals surface area (Å²) in [6.07, 6.45) is 1.83. The van der Waals surface area contributed by atoms with Crippen molar-refractivity contribution >= 4 is 65.6 Å². The zero-order chi connectivity index (χ0) is 26.2. The molecule has 4 aromatic heterocycles. The van der Waals surface area contributed by atoms with Crippen molar-refractivity contribution in [3.05, 3.63) is 128 Å². The van der Waals surface area contributed by atoms with E-state index in [0.717, 1.165) is 71.7 Å². The second-order valence-corrected chi connectivity index (χ2v) is 10.2. The first-order valence-electron chi connectivity index (χ1n) is 13.4. The highest BCUT2D eigenvalue weighted by Gasteiger charge is 2.19. The van der Waals surface area contributed by atoms with Gasteiger partial charge in [-0.1, -0.05) is 78.9 Å². The zero-order valence-corrected chi connectivity index (χ0v) is 21.4. The van der Waals surface area contributed by atoms with Crippen LogP contribution in [0.25, 0.3) is 82.5 Å². The molecule has 4 heteroatoms. The van der Waals surface area contributed by atoms with E-state index in [9.17, 15) is 0 Å². The van der Waals surface area contributed by atoms with Crippen LogP contribution in [0.1, 0.15) is 0 Å². The first-order chi connectivity index (χ1) is 19.8. The van der Waals surface area contributed by atoms with Crippen LogP contribution in [-0.4, -0.2) is 14.5 Å². The average molecular weight is 512 g/mol. The zero-order valence-electron chi connectivity index (χ0n) is 21.4. The molecule has 0 fully saturated rings. The Balaban J connectivity index is 1.33. The highest BCUT2D eigenvalue weighted by Crippen LogP contribution is 2.40. The van der Waals surface area contributed by atoms with Gasteiger partial charge in [0.1, 0.15) is 5.58 Å². The van der Waals surface area contributed by atoms with Crippen molar-refractivity contribution < 1.29 is 4.42 Å². The molecule has 5 aromatic carbocycles. The Morgan fingerprint density at radius 2 is 1.38 bits per heavy atom. The summed E-state index contributed by atoms with van der Waals surface area (Å²) in [5.41, 5.74) is 8.90. The molecule has 0 saturated carbocycles. The highest BCUT2D eigenvalue weighted by atomic mass is 16.3. The number of nitrogens with zero attached hydrogens (tertiary/aromatic N) is 3. The first kappa shape index (κ1) is 21.5. The average Bonchev–Trinajstić information content (AvgIpc) is 3.57. The van der Waals surface area contributed by atoms with Gasteiger partial charge in [-0.15, -0.1) is 0 Å². The van der Waals surface area contributed by atoms with Gasteiger partial charge < -0.3 is 8.98 Å². The summed E-state index contributed by atoms with van der Waals surface area (Å²) in [6, 6.07) is 42.4. The van der Waals surface area contributed by atoms with Gasteiger partial charge in [-0.2, -0.15) is 0 Å². The van der Waals surface area contributed by atoms with Gasteiger partial charge in [0.25, 0.3) is 0 Å². The van der Waals surface area contributed by atoms with E-state index < -0.39 is 0 Å². The molecule has 186 valence electrons. The molecule has 0 aliphatic heterocycles. The molecule has 0 N–H and O–H groups in total. The molecule has 0 bridgehead atoms. The molecule has 0 radical (unpaired) electrons. The van der Waals surface area contributed by atoms with Crippen LogP contribution in [0.3, 0.4) is 0 Å². The van der Waals surface area contributed by atoms with Gasteiger partial charge in [0.05, 0.1) is 27.8 Å². The topological polar surface area (TPSA) is 43.9 Å². The van der Waals surface area contributed by atoms with Gasteiger partial charge in [0, 0.05) is 49.8 Å². The molecule has 9 aromatic rings. The minimum Gasteiger partial charge on any atom is -0.454 e. The fraction of sp³-hybridized carbons (Fsp3) is 0. The quantitative estimate of drug-likeness (QED) is 0.217. The van der Waals surface area contributed by atoms with E-state index in [4.69, 9.17) is 9.40 Å². The summed E-state index contributed by atoms with van der Waals surface area (Å²) in [5.74, 6) is 0. The lowest BCUT2D eigenvalue weighted by molar-refractivity contribution is 0.671. The van der Waals surface area contributed by atoms with Crippen LogP contribution >= 0.6 is 0 Å². The molecule has 0 saturated heterocycles. The van der Waals surface area contributed by atoms with Crippen LogP contribution in [-0.2, 0) is 0 Å². The molecule has 0 aliphatic carbocycles. The maximum absolute atomic E-state index is 6.52. The second-order valence-electron chi connectivity index (χ2n) is 10.2. The first-order valence-corrected chi connectivity index (χ1v) is 13.4. The van der Waals surface area contributed by atoms with Crippen molar-refractivity contribution in [1.82, 2.24) is 14.5 Å². The number of para-hydroxylation sites is 2. The van der Waals surface area contributed by atoms with Crippen molar-refractivity contribution in [3.63, 3.8) is 0 Å². The smallest absolute Gasteiger partial charge is 0.160 e. The number of fused-ring (bicyclic) bond motifs is 10. The largest absolute Gasteiger partial charge is 0.454 e. The maximum atomic E-state index is 6.52. The minimum absolute atomic E-state index is 0.900. The number of hydrogen-bond acceptors (Lipinski definition) is 3. The Kier molecular flexibility index (Phi) is 4.30. The van der Waals surface area contributed by atoms with E-state index in [2.05, 4.69) is 113 Å². The minimum atomic E-state index is 0.900. The standard InChI is InChI=1S/C36H21N3O/c1-3-12-31-26(10-1)28-17-18-29-27-11-2-4-13-32(27)40-36(29)35(28)39(31)25-9-5-7-24(21-25)30-19-16-23-15-14-22-8-6-20-37-33(22)34(23)38-30/h1-21H. The lowest BCUT2D eigenvalue weighted by Gasteiger charge is -2.11. The van der Waals surface area contributed by atoms with Crippen molar-refractivity contribution in [2.45, 2.75) is 0 Å². The normalized spacial score (nSPS) is 12.0. The Labute approximate surface area is 228 Å². The van der Waals surface area contributed by atoms with E-state index in [-0.39, 0.29) is 0 Å². The van der Waals surface area contributed by atoms with Crippen molar-refractivity contribution in [1.29, 1.82) is 0 Å². The fourth-order valence-electron chi connectivity index (χ4n) is 6.19. The number of aromatic nitrogens is 3. The van der Waals surface area contributed by atoms with Crippen molar-refractivity contribution in [2.75, 3.05) is 0 Å². The second kappa shape index (κ2) is 8.01. The van der Waals surface area contributed by atoms with Gasteiger partial charge >= 0.3 is 0 Å². The number of pyridine rings is 2. The molecule has 0 aliphatic rings. The molecule has 4 heterocycles. The van der Waals surface area contributed by atoms with E-state index in [1.165, 1.54) is 10.8 Å². The third-order valence-electron chi connectivity index (χ3n) is 8.01. The summed E-state index contributed by atoms with van der Waals surface area (Å²) < 4.78 is 8.85. The van der Waals surface area contributed by atoms with Crippen molar-refractivity contribution in [3.8, 4) is 16.9 Å². The van der Waals surface area contributed by atoms with E-state index in [1.54, 1.807) is 0 Å². The van der Waals surface area contributed by atoms with E-state index in [0.29, 0.717) is 0 Å². The molecule has 0 spiro atoms. The number of rotatable bonds is 2. The van der Waals surface area contributed by atoms with Crippen molar-refractivity contribution in [2.24, 2.45) is 0 Å².